The van der Waals surface area contributed by atoms with Gasteiger partial charge in [-0.25, -0.2) is 0 Å². The molecule has 3 N–H and O–H groups in total. The molecule has 0 aliphatic rings. The van der Waals surface area contributed by atoms with Crippen LogP contribution in [-0.2, 0) is 9.09 Å². The smallest absolute Gasteiger partial charge is 0.323 e. The van der Waals surface area contributed by atoms with Crippen molar-refractivity contribution in [2.24, 2.45) is 5.73 Å². The Kier molecular flexibility index (Phi) is 10.3. The van der Waals surface area contributed by atoms with Gasteiger partial charge in [0.05, 0.1) is 12.9 Å². The molecule has 98 valence electrons. The van der Waals surface area contributed by atoms with E-state index in [1.54, 1.807) is 0 Å². The van der Waals surface area contributed by atoms with Crippen molar-refractivity contribution in [3.8, 4) is 0 Å². The first kappa shape index (κ1) is 16.1. The van der Waals surface area contributed by atoms with Crippen molar-refractivity contribution < 1.29 is 14.0 Å². The van der Waals surface area contributed by atoms with Crippen LogP contribution in [0.1, 0.15) is 58.3 Å². The third-order valence-electron chi connectivity index (χ3n) is 2.52. The Morgan fingerprint density at radius 2 is 1.56 bits per heavy atom. The summed E-state index contributed by atoms with van der Waals surface area (Å²) in [6.45, 7) is 2.56. The molecule has 0 saturated heterocycles. The van der Waals surface area contributed by atoms with Crippen LogP contribution >= 0.6 is 7.60 Å². The fourth-order valence-electron chi connectivity index (χ4n) is 1.50. The molecule has 0 bridgehead atoms. The van der Waals surface area contributed by atoms with E-state index in [4.69, 9.17) is 15.2 Å². The lowest BCUT2D eigenvalue weighted by atomic mass is 10.1. The summed E-state index contributed by atoms with van der Waals surface area (Å²) in [5.41, 5.74) is 5.08. The largest absolute Gasteiger partial charge is 0.341 e. The minimum atomic E-state index is -3.47. The van der Waals surface area contributed by atoms with Gasteiger partial charge in [0.25, 0.3) is 0 Å². The van der Waals surface area contributed by atoms with Gasteiger partial charge in [-0.3, -0.25) is 4.57 Å². The highest BCUT2D eigenvalue weighted by Crippen LogP contribution is 2.39. The van der Waals surface area contributed by atoms with Crippen LogP contribution in [0.25, 0.3) is 0 Å². The number of hydrogen-bond acceptors (Lipinski definition) is 3. The van der Waals surface area contributed by atoms with Gasteiger partial charge in [0.2, 0.25) is 0 Å². The molecular formula is C11H26NO3P. The quantitative estimate of drug-likeness (QED) is 0.436. The number of rotatable bonds is 11. The molecule has 0 fully saturated rings. The third kappa shape index (κ3) is 10.6. The van der Waals surface area contributed by atoms with Crippen LogP contribution in [-0.4, -0.2) is 17.8 Å². The minimum absolute atomic E-state index is 0.288. The first-order valence-corrected chi connectivity index (χ1v) is 8.05. The van der Waals surface area contributed by atoms with E-state index in [0.29, 0.717) is 6.61 Å². The molecule has 0 aliphatic carbocycles. The molecule has 0 heterocycles. The van der Waals surface area contributed by atoms with Crippen molar-refractivity contribution >= 4 is 7.60 Å². The van der Waals surface area contributed by atoms with Gasteiger partial charge in [-0.05, 0) is 6.42 Å². The Morgan fingerprint density at radius 3 is 2.06 bits per heavy atom. The topological polar surface area (TPSA) is 72.5 Å². The third-order valence-corrected chi connectivity index (χ3v) is 3.57. The average molecular weight is 251 g/mol. The number of nitrogens with two attached hydrogens (primary N) is 1. The molecule has 1 atom stereocenters. The predicted molar refractivity (Wildman–Crippen MR) is 67.4 cm³/mol. The van der Waals surface area contributed by atoms with Crippen molar-refractivity contribution in [1.82, 2.24) is 0 Å². The maximum atomic E-state index is 11.0. The van der Waals surface area contributed by atoms with Crippen molar-refractivity contribution in [3.05, 3.63) is 0 Å². The van der Waals surface area contributed by atoms with E-state index in [9.17, 15) is 4.57 Å². The number of hydrogen-bond donors (Lipinski definition) is 2. The van der Waals surface area contributed by atoms with E-state index < -0.39 is 7.60 Å². The summed E-state index contributed by atoms with van der Waals surface area (Å²) in [5.74, 6) is 0. The van der Waals surface area contributed by atoms with Crippen molar-refractivity contribution in [3.63, 3.8) is 0 Å². The van der Waals surface area contributed by atoms with Gasteiger partial charge in [-0.1, -0.05) is 51.9 Å². The second kappa shape index (κ2) is 10.3. The summed E-state index contributed by atoms with van der Waals surface area (Å²) in [6.07, 6.45) is 9.30. The van der Waals surface area contributed by atoms with E-state index in [0.717, 1.165) is 12.8 Å². The SMILES string of the molecule is CCCCCCCCCCOP(=O)(O)CN. The van der Waals surface area contributed by atoms with Crippen LogP contribution in [0.4, 0.5) is 0 Å². The van der Waals surface area contributed by atoms with Gasteiger partial charge in [-0.15, -0.1) is 0 Å². The highest BCUT2D eigenvalue weighted by molar-refractivity contribution is 7.52. The van der Waals surface area contributed by atoms with Gasteiger partial charge in [-0.2, -0.15) is 0 Å². The lowest BCUT2D eigenvalue weighted by Gasteiger charge is -2.09. The van der Waals surface area contributed by atoms with E-state index in [1.165, 1.54) is 38.5 Å². The van der Waals surface area contributed by atoms with Crippen LogP contribution in [0.15, 0.2) is 0 Å². The normalized spacial score (nSPS) is 14.9. The fraction of sp³-hybridized carbons (Fsp3) is 1.00. The van der Waals surface area contributed by atoms with Crippen molar-refractivity contribution in [2.45, 2.75) is 58.3 Å². The summed E-state index contributed by atoms with van der Waals surface area (Å²) in [5, 5.41) is 0. The second-order valence-electron chi connectivity index (χ2n) is 4.13. The standard InChI is InChI=1S/C11H26NO3P/c1-2-3-4-5-6-7-8-9-10-15-16(13,14)11-12/h2-12H2,1H3,(H,13,14). The zero-order valence-corrected chi connectivity index (χ0v) is 11.3. The zero-order chi connectivity index (χ0) is 12.3. The van der Waals surface area contributed by atoms with Gasteiger partial charge in [0.1, 0.15) is 0 Å². The molecule has 0 aromatic carbocycles. The molecule has 0 aliphatic heterocycles. The highest BCUT2D eigenvalue weighted by atomic mass is 31.2. The Morgan fingerprint density at radius 1 is 1.06 bits per heavy atom. The molecule has 0 amide bonds. The van der Waals surface area contributed by atoms with Crippen molar-refractivity contribution in [2.75, 3.05) is 12.9 Å². The van der Waals surface area contributed by atoms with E-state index in [2.05, 4.69) is 6.92 Å². The van der Waals surface area contributed by atoms with Gasteiger partial charge >= 0.3 is 7.60 Å². The molecular weight excluding hydrogens is 225 g/mol. The number of unbranched alkanes of at least 4 members (excludes halogenated alkanes) is 7. The average Bonchev–Trinajstić information content (AvgIpc) is 2.27. The molecule has 5 heteroatoms. The first-order chi connectivity index (χ1) is 7.62. The molecule has 4 nitrogen and oxygen atoms in total. The second-order valence-corrected chi connectivity index (χ2v) is 6.03. The molecule has 0 aromatic heterocycles. The van der Waals surface area contributed by atoms with Crippen LogP contribution in [0.3, 0.4) is 0 Å². The summed E-state index contributed by atoms with van der Waals surface area (Å²) in [6, 6.07) is 0. The Labute approximate surface area is 99.1 Å². The summed E-state index contributed by atoms with van der Waals surface area (Å²) in [4.78, 5) is 9.03. The molecule has 0 rings (SSSR count). The maximum Gasteiger partial charge on any atom is 0.341 e. The van der Waals surface area contributed by atoms with Crippen LogP contribution in [0, 0.1) is 0 Å². The van der Waals surface area contributed by atoms with Crippen LogP contribution in [0.2, 0.25) is 0 Å². The van der Waals surface area contributed by atoms with E-state index in [1.807, 2.05) is 0 Å². The van der Waals surface area contributed by atoms with Gasteiger partial charge in [0.15, 0.2) is 0 Å². The monoisotopic (exact) mass is 251 g/mol. The minimum Gasteiger partial charge on any atom is -0.323 e. The first-order valence-electron chi connectivity index (χ1n) is 6.29. The molecule has 0 saturated carbocycles. The van der Waals surface area contributed by atoms with Crippen LogP contribution in [0.5, 0.6) is 0 Å². The van der Waals surface area contributed by atoms with E-state index in [-0.39, 0.29) is 6.29 Å². The van der Waals surface area contributed by atoms with Gasteiger partial charge in [0, 0.05) is 0 Å². The Balaban J connectivity index is 3.13. The molecule has 0 spiro atoms. The molecule has 0 aromatic rings. The fourth-order valence-corrected chi connectivity index (χ4v) is 2.02. The lowest BCUT2D eigenvalue weighted by Crippen LogP contribution is -2.04. The molecule has 1 unspecified atom stereocenters. The van der Waals surface area contributed by atoms with Crippen molar-refractivity contribution in [1.29, 1.82) is 0 Å². The summed E-state index contributed by atoms with van der Waals surface area (Å²) < 4.78 is 15.8. The van der Waals surface area contributed by atoms with Gasteiger partial charge < -0.3 is 15.2 Å². The summed E-state index contributed by atoms with van der Waals surface area (Å²) in [7, 11) is -3.47. The lowest BCUT2D eigenvalue weighted by molar-refractivity contribution is 0.253. The van der Waals surface area contributed by atoms with E-state index >= 15 is 0 Å². The maximum absolute atomic E-state index is 11.0. The zero-order valence-electron chi connectivity index (χ0n) is 10.4. The summed E-state index contributed by atoms with van der Waals surface area (Å²) >= 11 is 0. The Hall–Kier alpha value is 0.110. The van der Waals surface area contributed by atoms with Crippen LogP contribution < -0.4 is 5.73 Å². The molecule has 16 heavy (non-hydrogen) atoms. The molecule has 0 radical (unpaired) electrons. The predicted octanol–water partition coefficient (Wildman–Crippen LogP) is 3.25. The highest BCUT2D eigenvalue weighted by Gasteiger charge is 2.14. The Bertz CT molecular complexity index is 200.